The van der Waals surface area contributed by atoms with Crippen LogP contribution < -0.4 is 9.47 Å². The van der Waals surface area contributed by atoms with E-state index in [0.717, 1.165) is 6.42 Å². The minimum atomic E-state index is -0.873. The molecule has 2 N–H and O–H groups in total. The highest BCUT2D eigenvalue weighted by Crippen LogP contribution is 2.51. The maximum absolute atomic E-state index is 13.4. The van der Waals surface area contributed by atoms with Crippen molar-refractivity contribution in [3.05, 3.63) is 59.7 Å². The van der Waals surface area contributed by atoms with Crippen LogP contribution in [0.3, 0.4) is 0 Å². The molecule has 1 amide bonds. The van der Waals surface area contributed by atoms with Crippen LogP contribution in [0.15, 0.2) is 48.5 Å². The van der Waals surface area contributed by atoms with Gasteiger partial charge in [-0.3, -0.25) is 4.79 Å². The second-order valence-corrected chi connectivity index (χ2v) is 10.1. The van der Waals surface area contributed by atoms with Crippen molar-refractivity contribution in [2.24, 2.45) is 0 Å². The van der Waals surface area contributed by atoms with E-state index in [1.54, 1.807) is 30.1 Å². The molecular weight excluding hydrogens is 434 g/mol. The monoisotopic (exact) mass is 467 g/mol. The second-order valence-electron chi connectivity index (χ2n) is 10.1. The number of fused-ring (bicyclic) bond motifs is 3. The maximum atomic E-state index is 13.4. The fourth-order valence-electron chi connectivity index (χ4n) is 6.13. The van der Waals surface area contributed by atoms with Gasteiger partial charge in [0.25, 0.3) is 5.91 Å². The van der Waals surface area contributed by atoms with Crippen molar-refractivity contribution >= 4 is 5.91 Å². The molecule has 7 nitrogen and oxygen atoms in total. The summed E-state index contributed by atoms with van der Waals surface area (Å²) in [4.78, 5) is 15.1. The van der Waals surface area contributed by atoms with E-state index in [1.165, 1.54) is 5.56 Å². The summed E-state index contributed by atoms with van der Waals surface area (Å²) in [7, 11) is 1.74. The van der Waals surface area contributed by atoms with Gasteiger partial charge in [0.2, 0.25) is 6.79 Å². The maximum Gasteiger partial charge on any atom is 0.254 e. The van der Waals surface area contributed by atoms with Gasteiger partial charge in [0, 0.05) is 19.2 Å². The highest BCUT2D eigenvalue weighted by Gasteiger charge is 2.55. The standard InChI is InChI=1S/C27H33NO6/c1-26-15-20(18-6-4-3-5-7-18)16-27(34-26,12-13-29)11-10-21(24(26)30)28(2)25(31)19-8-9-22-23(14-19)33-17-32-22/h3-9,14,20-21,24,29-30H,10-13,15-17H2,1-2H3/t20-,21+,24-,26+,27-/m1/s1. The van der Waals surface area contributed by atoms with Crippen LogP contribution in [0.5, 0.6) is 11.5 Å². The first-order valence-electron chi connectivity index (χ1n) is 12.0. The average Bonchev–Trinajstić information content (AvgIpc) is 3.29. The lowest BCUT2D eigenvalue weighted by Gasteiger charge is -2.50. The minimum absolute atomic E-state index is 0.0182. The molecule has 5 atom stereocenters. The van der Waals surface area contributed by atoms with E-state index in [4.69, 9.17) is 14.2 Å². The Morgan fingerprint density at radius 3 is 2.65 bits per heavy atom. The number of ether oxygens (including phenoxy) is 3. The molecule has 5 rings (SSSR count). The molecule has 0 unspecified atom stereocenters. The van der Waals surface area contributed by atoms with E-state index >= 15 is 0 Å². The molecule has 7 heteroatoms. The van der Waals surface area contributed by atoms with Gasteiger partial charge in [-0.25, -0.2) is 0 Å². The molecule has 182 valence electrons. The van der Waals surface area contributed by atoms with Crippen LogP contribution in [0.25, 0.3) is 0 Å². The highest BCUT2D eigenvalue weighted by molar-refractivity contribution is 5.95. The Kier molecular flexibility index (Phi) is 6.04. The number of benzene rings is 2. The summed E-state index contributed by atoms with van der Waals surface area (Å²) >= 11 is 0. The van der Waals surface area contributed by atoms with Crippen molar-refractivity contribution in [1.29, 1.82) is 0 Å². The molecule has 0 spiro atoms. The predicted octanol–water partition coefficient (Wildman–Crippen LogP) is 3.48. The summed E-state index contributed by atoms with van der Waals surface area (Å²) in [5, 5.41) is 21.5. The molecule has 34 heavy (non-hydrogen) atoms. The van der Waals surface area contributed by atoms with Crippen molar-refractivity contribution in [2.45, 2.75) is 68.3 Å². The summed E-state index contributed by atoms with van der Waals surface area (Å²) in [6.07, 6.45) is 2.31. The summed E-state index contributed by atoms with van der Waals surface area (Å²) in [5.41, 5.74) is 0.318. The van der Waals surface area contributed by atoms with Gasteiger partial charge < -0.3 is 29.3 Å². The third-order valence-corrected chi connectivity index (χ3v) is 7.88. The SMILES string of the molecule is CN(C(=O)c1ccc2c(c1)OCO2)[C@H]1CC[C@@]2(CCO)C[C@H](c3ccccc3)C[C@](C)(O2)[C@@H]1O. The van der Waals surface area contributed by atoms with Gasteiger partial charge >= 0.3 is 0 Å². The smallest absolute Gasteiger partial charge is 0.254 e. The predicted molar refractivity (Wildman–Crippen MR) is 126 cm³/mol. The normalized spacial score (nSPS) is 32.2. The molecular formula is C27H33NO6. The number of likely N-dealkylation sites (N-methyl/N-ethyl adjacent to an activating group) is 1. The molecule has 2 aromatic carbocycles. The zero-order valence-electron chi connectivity index (χ0n) is 19.8. The summed E-state index contributed by atoms with van der Waals surface area (Å²) in [6, 6.07) is 15.1. The lowest BCUT2D eigenvalue weighted by Crippen LogP contribution is -2.58. The molecule has 0 aromatic heterocycles. The first-order valence-corrected chi connectivity index (χ1v) is 12.0. The van der Waals surface area contributed by atoms with Crippen LogP contribution in [0.2, 0.25) is 0 Å². The number of nitrogens with zero attached hydrogens (tertiary/aromatic N) is 1. The Hall–Kier alpha value is -2.61. The highest BCUT2D eigenvalue weighted by atomic mass is 16.7. The number of amides is 1. The topological polar surface area (TPSA) is 88.5 Å². The molecule has 2 aromatic rings. The number of aliphatic hydroxyl groups is 2. The van der Waals surface area contributed by atoms with Crippen molar-refractivity contribution < 1.29 is 29.2 Å². The van der Waals surface area contributed by atoms with Gasteiger partial charge in [-0.1, -0.05) is 30.3 Å². The van der Waals surface area contributed by atoms with E-state index in [1.807, 2.05) is 25.1 Å². The molecule has 3 aliphatic rings. The second kappa shape index (κ2) is 8.87. The zero-order chi connectivity index (χ0) is 23.9. The quantitative estimate of drug-likeness (QED) is 0.700. The lowest BCUT2D eigenvalue weighted by atomic mass is 9.73. The Morgan fingerprint density at radius 2 is 1.88 bits per heavy atom. The van der Waals surface area contributed by atoms with Gasteiger partial charge in [-0.05, 0) is 68.7 Å². The van der Waals surface area contributed by atoms with Gasteiger partial charge in [0.15, 0.2) is 11.5 Å². The van der Waals surface area contributed by atoms with Crippen LogP contribution in [0.4, 0.5) is 0 Å². The first kappa shape index (κ1) is 23.1. The van der Waals surface area contributed by atoms with E-state index < -0.39 is 23.3 Å². The van der Waals surface area contributed by atoms with Crippen LogP contribution in [-0.2, 0) is 4.74 Å². The number of hydrogen-bond donors (Lipinski definition) is 2. The molecule has 0 aliphatic carbocycles. The van der Waals surface area contributed by atoms with E-state index in [0.29, 0.717) is 42.7 Å². The van der Waals surface area contributed by atoms with Crippen molar-refractivity contribution in [1.82, 2.24) is 4.90 Å². The summed E-state index contributed by atoms with van der Waals surface area (Å²) in [5.74, 6) is 1.20. The third kappa shape index (κ3) is 4.06. The van der Waals surface area contributed by atoms with Crippen molar-refractivity contribution in [3.63, 3.8) is 0 Å². The first-order chi connectivity index (χ1) is 16.3. The van der Waals surface area contributed by atoms with Gasteiger partial charge in [0.1, 0.15) is 6.10 Å². The molecule has 2 fully saturated rings. The number of carbonyl (C=O) groups excluding carboxylic acids is 1. The van der Waals surface area contributed by atoms with Gasteiger partial charge in [-0.2, -0.15) is 0 Å². The molecule has 0 saturated carbocycles. The van der Waals surface area contributed by atoms with Crippen LogP contribution in [0, 0.1) is 0 Å². The fourth-order valence-corrected chi connectivity index (χ4v) is 6.13. The number of aliphatic hydroxyl groups excluding tert-OH is 2. The Balaban J connectivity index is 1.44. The minimum Gasteiger partial charge on any atom is -0.454 e. The van der Waals surface area contributed by atoms with Crippen molar-refractivity contribution in [3.8, 4) is 11.5 Å². The third-order valence-electron chi connectivity index (χ3n) is 7.88. The molecule has 2 saturated heterocycles. The Morgan fingerprint density at radius 1 is 1.12 bits per heavy atom. The number of carbonyl (C=O) groups is 1. The number of hydrogen-bond acceptors (Lipinski definition) is 6. The van der Waals surface area contributed by atoms with Gasteiger partial charge in [-0.15, -0.1) is 0 Å². The summed E-state index contributed by atoms with van der Waals surface area (Å²) < 4.78 is 17.5. The largest absolute Gasteiger partial charge is 0.454 e. The van der Waals surface area contributed by atoms with Crippen molar-refractivity contribution in [2.75, 3.05) is 20.4 Å². The summed E-state index contributed by atoms with van der Waals surface area (Å²) in [6.45, 7) is 2.12. The number of rotatable bonds is 5. The molecule has 3 heterocycles. The average molecular weight is 468 g/mol. The molecule has 0 radical (unpaired) electrons. The fraction of sp³-hybridized carbons (Fsp3) is 0.519. The van der Waals surface area contributed by atoms with E-state index in [2.05, 4.69) is 12.1 Å². The van der Waals surface area contributed by atoms with Crippen LogP contribution in [-0.4, -0.2) is 64.8 Å². The Bertz CT molecular complexity index is 1040. The Labute approximate surface area is 200 Å². The van der Waals surface area contributed by atoms with E-state index in [9.17, 15) is 15.0 Å². The molecule has 2 bridgehead atoms. The molecule has 3 aliphatic heterocycles. The lowest BCUT2D eigenvalue weighted by molar-refractivity contribution is -0.225. The van der Waals surface area contributed by atoms with Gasteiger partial charge in [0.05, 0.1) is 17.2 Å². The van der Waals surface area contributed by atoms with Crippen LogP contribution >= 0.6 is 0 Å². The zero-order valence-corrected chi connectivity index (χ0v) is 19.8. The van der Waals surface area contributed by atoms with Crippen LogP contribution in [0.1, 0.15) is 60.9 Å². The van der Waals surface area contributed by atoms with E-state index in [-0.39, 0.29) is 25.2 Å².